The molecule has 0 radical (unpaired) electrons. The predicted octanol–water partition coefficient (Wildman–Crippen LogP) is 4.34. The average Bonchev–Trinajstić information content (AvgIpc) is 2.78. The van der Waals surface area contributed by atoms with E-state index in [4.69, 9.17) is 23.2 Å². The molecule has 1 aromatic carbocycles. The molecular formula is C15H15Cl2FN2O. The zero-order chi connectivity index (χ0) is 15.6. The molecule has 0 aliphatic carbocycles. The minimum atomic E-state index is -0.543. The normalized spacial score (nSPS) is 10.9. The van der Waals surface area contributed by atoms with Crippen LogP contribution in [0.4, 0.5) is 4.39 Å². The predicted molar refractivity (Wildman–Crippen MR) is 81.7 cm³/mol. The lowest BCUT2D eigenvalue weighted by Crippen LogP contribution is -2.10. The van der Waals surface area contributed by atoms with Gasteiger partial charge in [-0.25, -0.2) is 4.39 Å². The van der Waals surface area contributed by atoms with Crippen molar-refractivity contribution in [2.75, 3.05) is 0 Å². The Hall–Kier alpha value is -1.39. The van der Waals surface area contributed by atoms with Crippen molar-refractivity contribution in [3.05, 3.63) is 51.0 Å². The molecule has 0 amide bonds. The van der Waals surface area contributed by atoms with Gasteiger partial charge in [-0.1, -0.05) is 30.1 Å². The third-order valence-corrected chi connectivity index (χ3v) is 3.99. The van der Waals surface area contributed by atoms with Crippen molar-refractivity contribution in [3.8, 4) is 0 Å². The number of hydrogen-bond donors (Lipinski definition) is 0. The van der Waals surface area contributed by atoms with Gasteiger partial charge in [0.1, 0.15) is 5.82 Å². The van der Waals surface area contributed by atoms with E-state index in [1.54, 1.807) is 4.68 Å². The second-order valence-corrected chi connectivity index (χ2v) is 5.39. The molecule has 0 atom stereocenters. The maximum Gasteiger partial charge on any atom is 0.168 e. The van der Waals surface area contributed by atoms with Gasteiger partial charge in [0.05, 0.1) is 27.9 Å². The molecule has 0 aliphatic heterocycles. The summed E-state index contributed by atoms with van der Waals surface area (Å²) in [5, 5.41) is 4.84. The van der Waals surface area contributed by atoms with Gasteiger partial charge in [-0.3, -0.25) is 9.48 Å². The average molecular weight is 329 g/mol. The summed E-state index contributed by atoms with van der Waals surface area (Å²) >= 11 is 12.0. The molecule has 2 rings (SSSR count). The zero-order valence-electron chi connectivity index (χ0n) is 11.8. The van der Waals surface area contributed by atoms with Crippen LogP contribution < -0.4 is 0 Å². The van der Waals surface area contributed by atoms with Crippen LogP contribution >= 0.6 is 23.2 Å². The first-order valence-corrected chi connectivity index (χ1v) is 7.45. The van der Waals surface area contributed by atoms with Gasteiger partial charge in [0.15, 0.2) is 5.78 Å². The number of nitrogens with zero attached hydrogens (tertiary/aromatic N) is 2. The van der Waals surface area contributed by atoms with Crippen LogP contribution in [-0.4, -0.2) is 15.6 Å². The first kappa shape index (κ1) is 16.0. The summed E-state index contributed by atoms with van der Waals surface area (Å²) in [7, 11) is 0. The minimum absolute atomic E-state index is 0.0646. The smallest absolute Gasteiger partial charge is 0.168 e. The van der Waals surface area contributed by atoms with Gasteiger partial charge in [-0.2, -0.15) is 5.10 Å². The fourth-order valence-corrected chi connectivity index (χ4v) is 2.63. The number of benzene rings is 1. The summed E-state index contributed by atoms with van der Waals surface area (Å²) in [5.74, 6) is -0.714. The Morgan fingerprint density at radius 2 is 2.05 bits per heavy atom. The van der Waals surface area contributed by atoms with E-state index < -0.39 is 5.82 Å². The Morgan fingerprint density at radius 3 is 2.62 bits per heavy atom. The van der Waals surface area contributed by atoms with Gasteiger partial charge in [-0.15, -0.1) is 0 Å². The summed E-state index contributed by atoms with van der Waals surface area (Å²) in [6, 6.07) is 3.94. The monoisotopic (exact) mass is 328 g/mol. The van der Waals surface area contributed by atoms with Crippen LogP contribution in [0.2, 0.25) is 10.0 Å². The number of Topliss-reactive ketones (excluding diaryl/α,β-unsaturated/α-hetero) is 1. The fourth-order valence-electron chi connectivity index (χ4n) is 2.11. The second kappa shape index (κ2) is 6.58. The van der Waals surface area contributed by atoms with E-state index in [0.29, 0.717) is 29.2 Å². The van der Waals surface area contributed by atoms with E-state index in [1.807, 2.05) is 13.8 Å². The second-order valence-electron chi connectivity index (χ2n) is 4.61. The number of ketones is 1. The van der Waals surface area contributed by atoms with Crippen LogP contribution in [0.5, 0.6) is 0 Å². The SMILES string of the molecule is CCc1nn(CC)c(CC(=O)c2ccc(F)c(Cl)c2)c1Cl. The third kappa shape index (κ3) is 3.27. The molecule has 21 heavy (non-hydrogen) atoms. The highest BCUT2D eigenvalue weighted by Gasteiger charge is 2.18. The van der Waals surface area contributed by atoms with Crippen molar-refractivity contribution in [2.45, 2.75) is 33.2 Å². The van der Waals surface area contributed by atoms with E-state index in [9.17, 15) is 9.18 Å². The topological polar surface area (TPSA) is 34.9 Å². The molecule has 3 nitrogen and oxygen atoms in total. The van der Waals surface area contributed by atoms with Gasteiger partial charge in [0, 0.05) is 12.1 Å². The summed E-state index contributed by atoms with van der Waals surface area (Å²) < 4.78 is 14.9. The minimum Gasteiger partial charge on any atom is -0.294 e. The molecular weight excluding hydrogens is 314 g/mol. The lowest BCUT2D eigenvalue weighted by molar-refractivity contribution is 0.0990. The summed E-state index contributed by atoms with van der Waals surface area (Å²) in [5.41, 5.74) is 1.82. The first-order chi connectivity index (χ1) is 9.97. The molecule has 0 N–H and O–H groups in total. The van der Waals surface area contributed by atoms with E-state index in [1.165, 1.54) is 18.2 Å². The van der Waals surface area contributed by atoms with Crippen molar-refractivity contribution >= 4 is 29.0 Å². The van der Waals surface area contributed by atoms with E-state index in [-0.39, 0.29) is 17.2 Å². The first-order valence-electron chi connectivity index (χ1n) is 6.70. The van der Waals surface area contributed by atoms with Crippen LogP contribution in [-0.2, 0) is 19.4 Å². The zero-order valence-corrected chi connectivity index (χ0v) is 13.3. The summed E-state index contributed by atoms with van der Waals surface area (Å²) in [4.78, 5) is 12.3. The molecule has 1 aromatic heterocycles. The molecule has 2 aromatic rings. The number of aryl methyl sites for hydroxylation is 2. The molecule has 6 heteroatoms. The Labute approximate surface area is 132 Å². The molecule has 112 valence electrons. The Kier molecular flexibility index (Phi) is 5.01. The van der Waals surface area contributed by atoms with Gasteiger partial charge >= 0.3 is 0 Å². The van der Waals surface area contributed by atoms with Crippen molar-refractivity contribution in [1.29, 1.82) is 0 Å². The maximum atomic E-state index is 13.1. The number of hydrogen-bond acceptors (Lipinski definition) is 2. The van der Waals surface area contributed by atoms with Gasteiger partial charge in [0.25, 0.3) is 0 Å². The summed E-state index contributed by atoms with van der Waals surface area (Å²) in [6.07, 6.45) is 0.817. The lowest BCUT2D eigenvalue weighted by Gasteiger charge is -2.05. The number of carbonyl (C=O) groups is 1. The molecule has 0 aliphatic rings. The van der Waals surface area contributed by atoms with Crippen LogP contribution in [0.25, 0.3) is 0 Å². The molecule has 0 unspecified atom stereocenters. The fraction of sp³-hybridized carbons (Fsp3) is 0.333. The highest BCUT2D eigenvalue weighted by molar-refractivity contribution is 6.32. The number of aromatic nitrogens is 2. The van der Waals surface area contributed by atoms with Crippen LogP contribution in [0.1, 0.15) is 35.6 Å². The number of carbonyl (C=O) groups excluding carboxylic acids is 1. The van der Waals surface area contributed by atoms with Crippen LogP contribution in [0.3, 0.4) is 0 Å². The van der Waals surface area contributed by atoms with Gasteiger partial charge < -0.3 is 0 Å². The number of halogens is 3. The van der Waals surface area contributed by atoms with Gasteiger partial charge in [0.2, 0.25) is 0 Å². The van der Waals surface area contributed by atoms with Crippen LogP contribution in [0, 0.1) is 5.82 Å². The molecule has 0 spiro atoms. The molecule has 0 fully saturated rings. The van der Waals surface area contributed by atoms with Gasteiger partial charge in [-0.05, 0) is 31.5 Å². The van der Waals surface area contributed by atoms with Crippen molar-refractivity contribution in [2.24, 2.45) is 0 Å². The highest BCUT2D eigenvalue weighted by atomic mass is 35.5. The Morgan fingerprint density at radius 1 is 1.33 bits per heavy atom. The maximum absolute atomic E-state index is 13.1. The lowest BCUT2D eigenvalue weighted by atomic mass is 10.1. The quantitative estimate of drug-likeness (QED) is 0.765. The largest absolute Gasteiger partial charge is 0.294 e. The third-order valence-electron chi connectivity index (χ3n) is 3.26. The standard InChI is InChI=1S/C15H15Cl2FN2O/c1-3-12-15(17)13(20(4-2)19-12)8-14(21)9-5-6-11(18)10(16)7-9/h5-7H,3-4,8H2,1-2H3. The van der Waals surface area contributed by atoms with Crippen molar-refractivity contribution < 1.29 is 9.18 Å². The van der Waals surface area contributed by atoms with Crippen molar-refractivity contribution in [3.63, 3.8) is 0 Å². The Balaban J connectivity index is 2.31. The highest BCUT2D eigenvalue weighted by Crippen LogP contribution is 2.24. The molecule has 0 bridgehead atoms. The summed E-state index contributed by atoms with van der Waals surface area (Å²) in [6.45, 7) is 4.53. The Bertz CT molecular complexity index is 683. The molecule has 1 heterocycles. The van der Waals surface area contributed by atoms with E-state index in [2.05, 4.69) is 5.10 Å². The van der Waals surface area contributed by atoms with E-state index in [0.717, 1.165) is 5.69 Å². The number of rotatable bonds is 5. The molecule has 0 saturated heterocycles. The molecule has 0 saturated carbocycles. The van der Waals surface area contributed by atoms with E-state index >= 15 is 0 Å². The van der Waals surface area contributed by atoms with Crippen molar-refractivity contribution in [1.82, 2.24) is 9.78 Å². The van der Waals surface area contributed by atoms with Crippen LogP contribution in [0.15, 0.2) is 18.2 Å².